The molecule has 4 fully saturated rings. The Bertz CT molecular complexity index is 821. The van der Waals surface area contributed by atoms with E-state index in [1.165, 1.54) is 20.8 Å². The van der Waals surface area contributed by atoms with Crippen LogP contribution in [0.4, 0.5) is 0 Å². The highest BCUT2D eigenvalue weighted by Crippen LogP contribution is 2.66. The van der Waals surface area contributed by atoms with Crippen LogP contribution < -0.4 is 0 Å². The van der Waals surface area contributed by atoms with Crippen LogP contribution in [0.5, 0.6) is 0 Å². The van der Waals surface area contributed by atoms with Crippen LogP contribution in [0, 0.1) is 34.5 Å². The van der Waals surface area contributed by atoms with Crippen LogP contribution in [0.15, 0.2) is 0 Å². The molecular weight excluding hydrogens is 412 g/mol. The molecule has 32 heavy (non-hydrogen) atoms. The number of carbonyl (C=O) groups excluding carboxylic acids is 4. The molecule has 0 aromatic rings. The molecular formula is C25H36O7. The number of esters is 3. The van der Waals surface area contributed by atoms with Crippen molar-refractivity contribution in [1.82, 2.24) is 0 Å². The minimum absolute atomic E-state index is 0.000374. The molecule has 0 amide bonds. The number of ketones is 1. The lowest BCUT2D eigenvalue weighted by Crippen LogP contribution is -2.61. The zero-order valence-corrected chi connectivity index (χ0v) is 19.8. The molecule has 4 aliphatic carbocycles. The number of hydrogen-bond acceptors (Lipinski definition) is 7. The van der Waals surface area contributed by atoms with Gasteiger partial charge in [0.05, 0.1) is 0 Å². The normalized spacial score (nSPS) is 45.2. The van der Waals surface area contributed by atoms with Crippen LogP contribution >= 0.6 is 0 Å². The maximum absolute atomic E-state index is 13.0. The first-order chi connectivity index (χ1) is 15.0. The van der Waals surface area contributed by atoms with Crippen LogP contribution in [-0.2, 0) is 33.4 Å². The Morgan fingerprint density at radius 2 is 1.53 bits per heavy atom. The summed E-state index contributed by atoms with van der Waals surface area (Å²) in [5.41, 5.74) is -0.727. The summed E-state index contributed by atoms with van der Waals surface area (Å²) in [6, 6.07) is 0. The molecule has 0 radical (unpaired) electrons. The maximum atomic E-state index is 13.0. The molecule has 0 saturated heterocycles. The Kier molecular flexibility index (Phi) is 5.91. The highest BCUT2D eigenvalue weighted by molar-refractivity contribution is 5.88. The molecule has 7 heteroatoms. The van der Waals surface area contributed by atoms with Crippen molar-refractivity contribution in [3.05, 3.63) is 0 Å². The van der Waals surface area contributed by atoms with Crippen LogP contribution in [0.1, 0.15) is 79.6 Å². The van der Waals surface area contributed by atoms with Gasteiger partial charge in [-0.15, -0.1) is 0 Å². The molecule has 0 heterocycles. The van der Waals surface area contributed by atoms with E-state index in [1.807, 2.05) is 0 Å². The fourth-order valence-corrected chi connectivity index (χ4v) is 8.09. The fourth-order valence-electron chi connectivity index (χ4n) is 8.09. The van der Waals surface area contributed by atoms with E-state index in [4.69, 9.17) is 14.2 Å². The minimum Gasteiger partial charge on any atom is -0.462 e. The topological polar surface area (TPSA) is 96.0 Å². The molecule has 4 aliphatic rings. The fraction of sp³-hybridized carbons (Fsp3) is 0.840. The zero-order valence-electron chi connectivity index (χ0n) is 19.8. The van der Waals surface area contributed by atoms with E-state index in [0.29, 0.717) is 12.8 Å². The number of hydrogen-bond donors (Lipinski definition) is 0. The first kappa shape index (κ1) is 23.2. The summed E-state index contributed by atoms with van der Waals surface area (Å²) in [5, 5.41) is 0. The highest BCUT2D eigenvalue weighted by atomic mass is 16.6. The molecule has 0 bridgehead atoms. The molecule has 7 nitrogen and oxygen atoms in total. The third-order valence-electron chi connectivity index (χ3n) is 9.32. The molecule has 0 spiro atoms. The summed E-state index contributed by atoms with van der Waals surface area (Å²) in [6.07, 6.45) is 4.11. The monoisotopic (exact) mass is 448 g/mol. The molecule has 0 aliphatic heterocycles. The van der Waals surface area contributed by atoms with Crippen LogP contribution in [0.3, 0.4) is 0 Å². The molecule has 0 aromatic heterocycles. The van der Waals surface area contributed by atoms with E-state index in [2.05, 4.69) is 13.8 Å². The van der Waals surface area contributed by atoms with Crippen LogP contribution in [0.2, 0.25) is 0 Å². The van der Waals surface area contributed by atoms with Crippen molar-refractivity contribution >= 4 is 23.7 Å². The summed E-state index contributed by atoms with van der Waals surface area (Å²) in [5.74, 6) is -0.0196. The van der Waals surface area contributed by atoms with Gasteiger partial charge in [0.2, 0.25) is 0 Å². The Morgan fingerprint density at radius 3 is 2.16 bits per heavy atom. The van der Waals surface area contributed by atoms with E-state index in [-0.39, 0.29) is 71.1 Å². The Hall–Kier alpha value is -1.92. The smallest absolute Gasteiger partial charge is 0.302 e. The van der Waals surface area contributed by atoms with Crippen molar-refractivity contribution in [2.45, 2.75) is 97.9 Å². The number of ether oxygens (including phenoxy) is 3. The second-order valence-corrected chi connectivity index (χ2v) is 11.0. The van der Waals surface area contributed by atoms with Crippen molar-refractivity contribution in [1.29, 1.82) is 0 Å². The first-order valence-corrected chi connectivity index (χ1v) is 12.0. The van der Waals surface area contributed by atoms with Crippen molar-refractivity contribution in [2.24, 2.45) is 34.5 Å². The summed E-state index contributed by atoms with van der Waals surface area (Å²) < 4.78 is 17.1. The molecule has 178 valence electrons. The average molecular weight is 449 g/mol. The molecule has 4 rings (SSSR count). The van der Waals surface area contributed by atoms with Gasteiger partial charge in [-0.3, -0.25) is 19.2 Å². The Morgan fingerprint density at radius 1 is 0.875 bits per heavy atom. The van der Waals surface area contributed by atoms with Gasteiger partial charge in [-0.2, -0.15) is 0 Å². The van der Waals surface area contributed by atoms with Gasteiger partial charge in [0, 0.05) is 50.4 Å². The zero-order chi connectivity index (χ0) is 23.4. The van der Waals surface area contributed by atoms with E-state index >= 15 is 0 Å². The van der Waals surface area contributed by atoms with E-state index < -0.39 is 5.41 Å². The predicted octanol–water partition coefficient (Wildman–Crippen LogP) is 3.61. The number of carbonyl (C=O) groups is 4. The number of rotatable bonds is 3. The van der Waals surface area contributed by atoms with Crippen LogP contribution in [-0.4, -0.2) is 42.0 Å². The van der Waals surface area contributed by atoms with Gasteiger partial charge in [-0.1, -0.05) is 13.8 Å². The van der Waals surface area contributed by atoms with Crippen molar-refractivity contribution in [3.8, 4) is 0 Å². The van der Waals surface area contributed by atoms with Crippen molar-refractivity contribution < 1.29 is 33.4 Å². The summed E-state index contributed by atoms with van der Waals surface area (Å²) in [4.78, 5) is 48.5. The lowest BCUT2D eigenvalue weighted by molar-refractivity contribution is -0.209. The minimum atomic E-state index is -0.462. The second kappa shape index (κ2) is 8.14. The summed E-state index contributed by atoms with van der Waals surface area (Å²) in [7, 11) is 0. The molecule has 0 aromatic carbocycles. The first-order valence-electron chi connectivity index (χ1n) is 12.0. The van der Waals surface area contributed by atoms with E-state index in [0.717, 1.165) is 32.1 Å². The third-order valence-corrected chi connectivity index (χ3v) is 9.32. The lowest BCUT2D eigenvalue weighted by Gasteiger charge is -2.62. The van der Waals surface area contributed by atoms with Gasteiger partial charge in [0.15, 0.2) is 0 Å². The maximum Gasteiger partial charge on any atom is 0.302 e. The van der Waals surface area contributed by atoms with Crippen molar-refractivity contribution in [3.63, 3.8) is 0 Å². The van der Waals surface area contributed by atoms with E-state index in [9.17, 15) is 19.2 Å². The molecule has 0 N–H and O–H groups in total. The highest BCUT2D eigenvalue weighted by Gasteiger charge is 2.66. The summed E-state index contributed by atoms with van der Waals surface area (Å²) in [6.45, 7) is 8.53. The van der Waals surface area contributed by atoms with Gasteiger partial charge in [0.25, 0.3) is 0 Å². The van der Waals surface area contributed by atoms with Gasteiger partial charge in [-0.25, -0.2) is 0 Å². The standard InChI is InChI=1S/C25H36O7/c1-13(26)30-17-10-16-6-7-18-19(25(16,5)22(11-17)32-15(3)28)8-9-24(4)21(29)12-20(23(18)24)31-14(2)27/h16-20,22-23H,6-12H2,1-5H3. The molecule has 4 saturated carbocycles. The quantitative estimate of drug-likeness (QED) is 0.481. The number of fused-ring (bicyclic) bond motifs is 5. The lowest BCUT2D eigenvalue weighted by atomic mass is 9.44. The van der Waals surface area contributed by atoms with Crippen molar-refractivity contribution in [2.75, 3.05) is 0 Å². The largest absolute Gasteiger partial charge is 0.462 e. The molecule has 9 atom stereocenters. The van der Waals surface area contributed by atoms with E-state index in [1.54, 1.807) is 0 Å². The van der Waals surface area contributed by atoms with Gasteiger partial charge in [0.1, 0.15) is 24.1 Å². The summed E-state index contributed by atoms with van der Waals surface area (Å²) >= 11 is 0. The van der Waals surface area contributed by atoms with Gasteiger partial charge < -0.3 is 14.2 Å². The second-order valence-electron chi connectivity index (χ2n) is 11.0. The Balaban J connectivity index is 1.68. The van der Waals surface area contributed by atoms with Crippen LogP contribution in [0.25, 0.3) is 0 Å². The average Bonchev–Trinajstić information content (AvgIpc) is 2.91. The number of Topliss-reactive ketones (excluding diaryl/α,β-unsaturated/α-hetero) is 1. The Labute approximate surface area is 189 Å². The van der Waals surface area contributed by atoms with Gasteiger partial charge in [-0.05, 0) is 49.9 Å². The SMILES string of the molecule is CC(=O)OC1CC2CCC3C4C(OC(C)=O)CC(=O)C4(C)CCC3C2(C)C(OC(C)=O)C1. The van der Waals surface area contributed by atoms with Gasteiger partial charge >= 0.3 is 17.9 Å². The molecule has 9 unspecified atom stereocenters. The predicted molar refractivity (Wildman–Crippen MR) is 114 cm³/mol. The third kappa shape index (κ3) is 3.65.